The van der Waals surface area contributed by atoms with Gasteiger partial charge in [-0.25, -0.2) is 4.98 Å². The maximum Gasteiger partial charge on any atom is 0.143 e. The fourth-order valence-corrected chi connectivity index (χ4v) is 3.89. The van der Waals surface area contributed by atoms with Gasteiger partial charge in [-0.3, -0.25) is 0 Å². The van der Waals surface area contributed by atoms with E-state index in [1.54, 1.807) is 43.6 Å². The second kappa shape index (κ2) is 10.4. The van der Waals surface area contributed by atoms with E-state index in [-0.39, 0.29) is 16.6 Å². The van der Waals surface area contributed by atoms with Crippen LogP contribution in [-0.4, -0.2) is 35.5 Å². The summed E-state index contributed by atoms with van der Waals surface area (Å²) in [5, 5.41) is 28.0. The Balaban J connectivity index is 2.01. The Morgan fingerprint density at radius 1 is 1.10 bits per heavy atom. The minimum atomic E-state index is -0.120. The summed E-state index contributed by atoms with van der Waals surface area (Å²) in [6, 6.07) is 15.1. The van der Waals surface area contributed by atoms with E-state index in [9.17, 15) is 10.5 Å². The molecular weight excluding hydrogens is 412 g/mol. The first-order valence-electron chi connectivity index (χ1n) is 9.39. The third kappa shape index (κ3) is 5.10. The highest BCUT2D eigenvalue weighted by Gasteiger charge is 2.22. The third-order valence-electron chi connectivity index (χ3n) is 4.41. The van der Waals surface area contributed by atoms with Gasteiger partial charge < -0.3 is 15.2 Å². The molecule has 0 radical (unpaired) electrons. The quantitative estimate of drug-likeness (QED) is 0.417. The van der Waals surface area contributed by atoms with Crippen LogP contribution < -0.4 is 10.5 Å². The van der Waals surface area contributed by atoms with E-state index in [0.29, 0.717) is 40.7 Å². The van der Waals surface area contributed by atoms with Gasteiger partial charge >= 0.3 is 0 Å². The third-order valence-corrected chi connectivity index (χ3v) is 5.53. The van der Waals surface area contributed by atoms with Gasteiger partial charge in [0, 0.05) is 18.9 Å². The lowest BCUT2D eigenvalue weighted by molar-refractivity contribution is 0.146. The first kappa shape index (κ1) is 22.0. The van der Waals surface area contributed by atoms with E-state index >= 15 is 0 Å². The van der Waals surface area contributed by atoms with Crippen LogP contribution in [0, 0.1) is 22.7 Å². The zero-order valence-corrected chi connectivity index (χ0v) is 17.9. The second-order valence-electron chi connectivity index (χ2n) is 6.43. The number of methoxy groups -OCH3 is 1. The molecule has 2 heterocycles. The summed E-state index contributed by atoms with van der Waals surface area (Å²) in [6.07, 6.45) is 1.60. The molecule has 0 amide bonds. The van der Waals surface area contributed by atoms with Crippen molar-refractivity contribution in [3.63, 3.8) is 0 Å². The van der Waals surface area contributed by atoms with Crippen LogP contribution >= 0.6 is 11.8 Å². The van der Waals surface area contributed by atoms with E-state index in [0.717, 1.165) is 5.69 Å². The van der Waals surface area contributed by atoms with Crippen LogP contribution in [0.25, 0.3) is 11.1 Å². The maximum absolute atomic E-state index is 9.93. The van der Waals surface area contributed by atoms with Gasteiger partial charge in [0.1, 0.15) is 40.9 Å². The summed E-state index contributed by atoms with van der Waals surface area (Å²) in [5.41, 5.74) is 8.43. The van der Waals surface area contributed by atoms with E-state index in [1.807, 2.05) is 13.0 Å². The van der Waals surface area contributed by atoms with E-state index < -0.39 is 0 Å². The van der Waals surface area contributed by atoms with Crippen LogP contribution in [0.3, 0.4) is 0 Å². The van der Waals surface area contributed by atoms with Gasteiger partial charge in [0.25, 0.3) is 0 Å². The fourth-order valence-electron chi connectivity index (χ4n) is 2.89. The van der Waals surface area contributed by atoms with Crippen molar-refractivity contribution >= 4 is 17.6 Å². The van der Waals surface area contributed by atoms with Crippen molar-refractivity contribution in [3.05, 3.63) is 59.4 Å². The van der Waals surface area contributed by atoms with Crippen LogP contribution in [0.15, 0.2) is 47.6 Å². The van der Waals surface area contributed by atoms with Crippen molar-refractivity contribution in [2.75, 3.05) is 26.1 Å². The second-order valence-corrected chi connectivity index (χ2v) is 7.75. The maximum atomic E-state index is 9.93. The van der Waals surface area contributed by atoms with E-state index in [4.69, 9.17) is 15.2 Å². The fraction of sp³-hybridized carbons (Fsp3) is 0.227. The molecule has 0 bridgehead atoms. The van der Waals surface area contributed by atoms with Gasteiger partial charge in [-0.15, -0.1) is 0 Å². The number of anilines is 1. The van der Waals surface area contributed by atoms with E-state index in [1.165, 1.54) is 11.8 Å². The largest absolute Gasteiger partial charge is 0.491 e. The number of nitrogens with zero attached hydrogens (tertiary/aromatic N) is 5. The molecule has 8 nitrogen and oxygen atoms in total. The summed E-state index contributed by atoms with van der Waals surface area (Å²) in [7, 11) is 1.61. The van der Waals surface area contributed by atoms with Crippen LogP contribution in [0.5, 0.6) is 5.75 Å². The predicted octanol–water partition coefficient (Wildman–Crippen LogP) is 3.74. The zero-order chi connectivity index (χ0) is 22.2. The highest BCUT2D eigenvalue weighted by Crippen LogP contribution is 2.40. The Morgan fingerprint density at radius 3 is 2.45 bits per heavy atom. The number of rotatable bonds is 8. The molecule has 0 spiro atoms. The smallest absolute Gasteiger partial charge is 0.143 e. The average Bonchev–Trinajstić information content (AvgIpc) is 2.80. The number of thioether (sulfide) groups is 1. The molecule has 0 unspecified atom stereocenters. The Hall–Kier alpha value is -3.66. The van der Waals surface area contributed by atoms with Gasteiger partial charge in [-0.1, -0.05) is 23.9 Å². The van der Waals surface area contributed by atoms with Gasteiger partial charge in [0.15, 0.2) is 0 Å². The number of benzene rings is 1. The van der Waals surface area contributed by atoms with Crippen molar-refractivity contribution in [2.24, 2.45) is 0 Å². The van der Waals surface area contributed by atoms with E-state index in [2.05, 4.69) is 27.3 Å². The molecule has 3 aromatic rings. The van der Waals surface area contributed by atoms with Crippen LogP contribution in [-0.2, 0) is 4.74 Å². The zero-order valence-electron chi connectivity index (χ0n) is 17.1. The first-order valence-corrected chi connectivity index (χ1v) is 10.3. The SMILES string of the molecule is COCCOc1ccc(-c2c(C#N)c(N)nc(S[C@H](C)c3cccnn3)c2C#N)cc1. The Bertz CT molecular complexity index is 1120. The molecular formula is C22H20N6O2S. The summed E-state index contributed by atoms with van der Waals surface area (Å²) >= 11 is 1.34. The molecule has 0 saturated heterocycles. The molecule has 1 aromatic carbocycles. The van der Waals surface area contributed by atoms with Gasteiger partial charge in [0.2, 0.25) is 0 Å². The lowest BCUT2D eigenvalue weighted by atomic mass is 9.97. The number of hydrogen-bond acceptors (Lipinski definition) is 9. The standard InChI is InChI=1S/C22H20N6O2S/c1-14(19-4-3-9-26-28-19)31-22-18(13-24)20(17(12-23)21(25)27-22)15-5-7-16(8-6-15)30-11-10-29-2/h3-9,14H,10-11H2,1-2H3,(H2,25,27)/t14-/m1/s1. The average molecular weight is 433 g/mol. The molecule has 0 saturated carbocycles. The Labute approximate surface area is 184 Å². The number of hydrogen-bond donors (Lipinski definition) is 1. The molecule has 0 aliphatic carbocycles. The first-order chi connectivity index (χ1) is 15.1. The topological polar surface area (TPSA) is 131 Å². The molecule has 3 rings (SSSR count). The lowest BCUT2D eigenvalue weighted by Gasteiger charge is -2.15. The molecule has 156 valence electrons. The molecule has 1 atom stereocenters. The molecule has 0 aliphatic rings. The summed E-state index contributed by atoms with van der Waals surface area (Å²) in [6.45, 7) is 2.84. The van der Waals surface area contributed by atoms with Crippen LogP contribution in [0.2, 0.25) is 0 Å². The Kier molecular flexibility index (Phi) is 7.39. The van der Waals surface area contributed by atoms with Gasteiger partial charge in [0.05, 0.1) is 23.1 Å². The molecule has 0 fully saturated rings. The van der Waals surface area contributed by atoms with Crippen molar-refractivity contribution in [1.29, 1.82) is 10.5 Å². The van der Waals surface area contributed by atoms with Gasteiger partial charge in [-0.2, -0.15) is 20.7 Å². The molecule has 9 heteroatoms. The van der Waals surface area contributed by atoms with Crippen LogP contribution in [0.1, 0.15) is 29.0 Å². The highest BCUT2D eigenvalue weighted by atomic mass is 32.2. The predicted molar refractivity (Wildman–Crippen MR) is 117 cm³/mol. The van der Waals surface area contributed by atoms with Gasteiger partial charge in [-0.05, 0) is 36.8 Å². The monoisotopic (exact) mass is 432 g/mol. The number of nitriles is 2. The summed E-state index contributed by atoms with van der Waals surface area (Å²) in [4.78, 5) is 4.34. The number of pyridine rings is 1. The normalized spacial score (nSPS) is 11.4. The number of nitrogens with two attached hydrogens (primary N) is 1. The molecule has 0 aliphatic heterocycles. The molecule has 2 aromatic heterocycles. The minimum Gasteiger partial charge on any atom is -0.491 e. The molecule has 31 heavy (non-hydrogen) atoms. The van der Waals surface area contributed by atoms with Crippen molar-refractivity contribution < 1.29 is 9.47 Å². The summed E-state index contributed by atoms with van der Waals surface area (Å²) in [5.74, 6) is 0.733. The van der Waals surface area contributed by atoms with Crippen molar-refractivity contribution in [1.82, 2.24) is 15.2 Å². The molecule has 2 N–H and O–H groups in total. The Morgan fingerprint density at radius 2 is 1.84 bits per heavy atom. The van der Waals surface area contributed by atoms with Crippen molar-refractivity contribution in [3.8, 4) is 29.0 Å². The highest BCUT2D eigenvalue weighted by molar-refractivity contribution is 7.99. The minimum absolute atomic E-state index is 0.0748. The van der Waals surface area contributed by atoms with Crippen molar-refractivity contribution in [2.45, 2.75) is 17.2 Å². The summed E-state index contributed by atoms with van der Waals surface area (Å²) < 4.78 is 10.6. The number of nitrogen functional groups attached to an aromatic ring is 1. The van der Waals surface area contributed by atoms with Crippen LogP contribution in [0.4, 0.5) is 5.82 Å². The lowest BCUT2D eigenvalue weighted by Crippen LogP contribution is -2.05. The number of ether oxygens (including phenoxy) is 2. The number of aromatic nitrogens is 3.